The molecule has 14 nitrogen and oxygen atoms in total. The molecule has 2 fully saturated rings. The first-order valence-corrected chi connectivity index (χ1v) is 19.6. The van der Waals surface area contributed by atoms with Gasteiger partial charge in [-0.1, -0.05) is 67.5 Å². The average molecular weight is 679 g/mol. The number of anilines is 1. The molecule has 2 aliphatic rings. The molecule has 1 unspecified atom stereocenters. The Morgan fingerprint density at radius 1 is 1.00 bits per heavy atom. The number of nitro benzene ring substituents is 1. The number of aliphatic hydroxyl groups excluding tert-OH is 1. The first-order chi connectivity index (χ1) is 21.5. The molecule has 46 heavy (non-hydrogen) atoms. The zero-order valence-electron chi connectivity index (χ0n) is 27.6. The van der Waals surface area contributed by atoms with Crippen LogP contribution in [0, 0.1) is 10.1 Å². The van der Waals surface area contributed by atoms with Crippen molar-refractivity contribution < 1.29 is 37.3 Å². The summed E-state index contributed by atoms with van der Waals surface area (Å²) in [4.78, 5) is 41.2. The van der Waals surface area contributed by atoms with Crippen LogP contribution < -0.4 is 11.4 Å². The highest BCUT2D eigenvalue weighted by Gasteiger charge is 2.65. The Morgan fingerprint density at radius 3 is 2.09 bits per heavy atom. The fourth-order valence-electron chi connectivity index (χ4n) is 6.35. The number of nitro groups is 1. The maximum absolute atomic E-state index is 14.0. The van der Waals surface area contributed by atoms with E-state index in [1.807, 2.05) is 55.4 Å². The van der Waals surface area contributed by atoms with Crippen molar-refractivity contribution in [2.24, 2.45) is 0 Å². The highest BCUT2D eigenvalue weighted by atomic mass is 28.5. The van der Waals surface area contributed by atoms with Gasteiger partial charge in [-0.05, 0) is 33.8 Å². The van der Waals surface area contributed by atoms with Crippen LogP contribution in [0.25, 0.3) is 0 Å². The van der Waals surface area contributed by atoms with E-state index in [1.54, 1.807) is 12.1 Å². The molecule has 16 heteroatoms. The van der Waals surface area contributed by atoms with Crippen LogP contribution in [0.1, 0.15) is 67.2 Å². The number of carbonyl (C=O) groups is 1. The van der Waals surface area contributed by atoms with E-state index in [0.717, 1.165) is 10.1 Å². The van der Waals surface area contributed by atoms with Gasteiger partial charge in [0, 0.05) is 24.8 Å². The van der Waals surface area contributed by atoms with Crippen molar-refractivity contribution in [1.29, 1.82) is 0 Å². The molecule has 2 saturated heterocycles. The Bertz CT molecular complexity index is 1440. The van der Waals surface area contributed by atoms with Crippen molar-refractivity contribution in [1.82, 2.24) is 9.55 Å². The molecule has 0 aliphatic carbocycles. The van der Waals surface area contributed by atoms with Gasteiger partial charge in [0.2, 0.25) is 0 Å². The Hall–Kier alpha value is -3.00. The van der Waals surface area contributed by atoms with Crippen LogP contribution in [0.15, 0.2) is 41.3 Å². The Labute approximate surface area is 270 Å². The molecule has 4 rings (SSSR count). The number of benzene rings is 1. The zero-order chi connectivity index (χ0) is 34.1. The number of carbonyl (C=O) groups excluding carboxylic acids is 1. The van der Waals surface area contributed by atoms with E-state index in [0.29, 0.717) is 6.42 Å². The molecule has 3 N–H and O–H groups in total. The molecule has 0 radical (unpaired) electrons. The maximum Gasteiger partial charge on any atom is 0.351 e. The summed E-state index contributed by atoms with van der Waals surface area (Å²) in [5.41, 5.74) is 5.31. The molecular formula is C30H46N4O10Si2. The number of nitrogen functional groups attached to an aromatic ring is 1. The molecule has 0 bridgehead atoms. The number of fused-ring (bicyclic) bond motifs is 1. The number of aromatic nitrogens is 2. The number of aliphatic hydroxyl groups is 1. The van der Waals surface area contributed by atoms with Crippen LogP contribution in [0.2, 0.25) is 22.2 Å². The lowest BCUT2D eigenvalue weighted by Crippen LogP contribution is -2.68. The monoisotopic (exact) mass is 678 g/mol. The molecule has 3 heterocycles. The number of ether oxygens (including phenoxy) is 2. The van der Waals surface area contributed by atoms with E-state index in [4.69, 9.17) is 28.2 Å². The number of hydrogen-bond acceptors (Lipinski definition) is 12. The molecule has 2 aromatic rings. The minimum Gasteiger partial charge on any atom is -0.463 e. The minimum atomic E-state index is -3.32. The number of nitrogens with zero attached hydrogens (tertiary/aromatic N) is 3. The molecule has 254 valence electrons. The first-order valence-electron chi connectivity index (χ1n) is 15.7. The van der Waals surface area contributed by atoms with E-state index >= 15 is 0 Å². The van der Waals surface area contributed by atoms with Gasteiger partial charge in [-0.15, -0.1) is 0 Å². The van der Waals surface area contributed by atoms with Crippen molar-refractivity contribution in [3.63, 3.8) is 0 Å². The quantitative estimate of drug-likeness (QED) is 0.159. The number of rotatable bonds is 10. The van der Waals surface area contributed by atoms with Crippen molar-refractivity contribution in [2.45, 2.75) is 115 Å². The second kappa shape index (κ2) is 14.0. The predicted octanol–water partition coefficient (Wildman–Crippen LogP) is 4.10. The third kappa shape index (κ3) is 6.83. The van der Waals surface area contributed by atoms with E-state index in [1.165, 1.54) is 24.4 Å². The highest BCUT2D eigenvalue weighted by Crippen LogP contribution is 2.49. The van der Waals surface area contributed by atoms with Gasteiger partial charge in [-0.2, -0.15) is 4.98 Å². The second-order valence-electron chi connectivity index (χ2n) is 13.1. The van der Waals surface area contributed by atoms with E-state index < -0.39 is 64.3 Å². The molecule has 0 saturated carbocycles. The largest absolute Gasteiger partial charge is 0.463 e. The minimum absolute atomic E-state index is 0.0119. The van der Waals surface area contributed by atoms with E-state index in [-0.39, 0.29) is 40.3 Å². The van der Waals surface area contributed by atoms with Gasteiger partial charge >= 0.3 is 28.8 Å². The van der Waals surface area contributed by atoms with Gasteiger partial charge in [0.25, 0.3) is 5.69 Å². The SMILES string of the molecule is CC(C)[Si]1(C(C)C)OC(C(=O)OCCc2ccc([N+](=O)[O-])cc2)[C@H]2O[C@@H](n3ccc(N)nc3=O)[C@H](O)[C@@H]2O[Si](C(C)C)(C(C)C)O1. The van der Waals surface area contributed by atoms with Crippen molar-refractivity contribution in [2.75, 3.05) is 12.3 Å². The van der Waals surface area contributed by atoms with Gasteiger partial charge in [0.05, 0.1) is 11.5 Å². The van der Waals surface area contributed by atoms with E-state index in [9.17, 15) is 24.8 Å². The number of nitrogens with two attached hydrogens (primary N) is 1. The molecule has 2 aliphatic heterocycles. The Kier molecular flexibility index (Phi) is 10.9. The molecule has 0 amide bonds. The van der Waals surface area contributed by atoms with Gasteiger partial charge < -0.3 is 33.3 Å². The third-order valence-electron chi connectivity index (χ3n) is 8.86. The first kappa shape index (κ1) is 35.9. The fourth-order valence-corrected chi connectivity index (χ4v) is 17.6. The van der Waals surface area contributed by atoms with Crippen LogP contribution in [0.3, 0.4) is 0 Å². The van der Waals surface area contributed by atoms with Crippen LogP contribution >= 0.6 is 0 Å². The van der Waals surface area contributed by atoms with Crippen molar-refractivity contribution in [3.8, 4) is 0 Å². The normalized spacial score (nSPS) is 25.8. The molecule has 1 aromatic carbocycles. The standard InChI is InChI=1S/C30H46N4O10Si2/c1-17(2)45(18(3)4)42-25-24(35)28(33-15-13-23(31)32-30(33)37)41-26(25)27(43-46(44-45,19(5)6)20(7)8)29(36)40-16-14-21-9-11-22(12-10-21)34(38)39/h9-13,15,17-20,24-28,35H,14,16H2,1-8H3,(H2,31,32,37)/t24-,25+,26+,27?,28-/m1/s1. The summed E-state index contributed by atoms with van der Waals surface area (Å²) in [5, 5.41) is 22.7. The van der Waals surface area contributed by atoms with Gasteiger partial charge in [0.15, 0.2) is 12.3 Å². The molecule has 1 aromatic heterocycles. The Morgan fingerprint density at radius 2 is 1.57 bits per heavy atom. The van der Waals surface area contributed by atoms with Crippen LogP contribution in [0.5, 0.6) is 0 Å². The lowest BCUT2D eigenvalue weighted by molar-refractivity contribution is -0.384. The summed E-state index contributed by atoms with van der Waals surface area (Å²) >= 11 is 0. The fraction of sp³-hybridized carbons (Fsp3) is 0.633. The molecular weight excluding hydrogens is 633 g/mol. The lowest BCUT2D eigenvalue weighted by atomic mass is 10.1. The summed E-state index contributed by atoms with van der Waals surface area (Å²) in [5.74, 6) is -0.723. The van der Waals surface area contributed by atoms with Crippen molar-refractivity contribution in [3.05, 3.63) is 62.7 Å². The lowest BCUT2D eigenvalue weighted by Gasteiger charge is -2.52. The smallest absolute Gasteiger partial charge is 0.351 e. The number of hydrogen-bond donors (Lipinski definition) is 2. The maximum atomic E-state index is 14.0. The van der Waals surface area contributed by atoms with Crippen LogP contribution in [0.4, 0.5) is 11.5 Å². The zero-order valence-corrected chi connectivity index (χ0v) is 29.6. The van der Waals surface area contributed by atoms with Crippen molar-refractivity contribution >= 4 is 34.6 Å². The average Bonchev–Trinajstić information content (AvgIpc) is 3.27. The summed E-state index contributed by atoms with van der Waals surface area (Å²) < 4.78 is 34.4. The molecule has 5 atom stereocenters. The highest BCUT2D eigenvalue weighted by molar-refractivity contribution is 6.84. The second-order valence-corrected chi connectivity index (χ2v) is 21.9. The summed E-state index contributed by atoms with van der Waals surface area (Å²) in [6.07, 6.45) is -4.60. The summed E-state index contributed by atoms with van der Waals surface area (Å²) in [6, 6.07) is 7.40. The molecule has 0 spiro atoms. The van der Waals surface area contributed by atoms with Crippen LogP contribution in [-0.4, -0.2) is 73.7 Å². The number of non-ortho nitro benzene ring substituents is 1. The van der Waals surface area contributed by atoms with Gasteiger partial charge in [0.1, 0.15) is 24.1 Å². The van der Waals surface area contributed by atoms with Gasteiger partial charge in [-0.25, -0.2) is 9.59 Å². The van der Waals surface area contributed by atoms with Crippen LogP contribution in [-0.2, 0) is 33.7 Å². The number of esters is 1. The summed E-state index contributed by atoms with van der Waals surface area (Å²) in [7, 11) is -6.55. The van der Waals surface area contributed by atoms with E-state index in [2.05, 4.69) is 4.98 Å². The van der Waals surface area contributed by atoms with Gasteiger partial charge in [-0.3, -0.25) is 14.7 Å². The summed E-state index contributed by atoms with van der Waals surface area (Å²) in [6.45, 7) is 16.1. The predicted molar refractivity (Wildman–Crippen MR) is 173 cm³/mol. The third-order valence-corrected chi connectivity index (χ3v) is 19.1. The Balaban J connectivity index is 1.75. The topological polar surface area (TPSA) is 187 Å².